The van der Waals surface area contributed by atoms with Gasteiger partial charge in [-0.05, 0) is 38.3 Å². The van der Waals surface area contributed by atoms with Crippen molar-refractivity contribution in [2.24, 2.45) is 5.73 Å². The molecule has 2 aromatic heterocycles. The van der Waals surface area contributed by atoms with E-state index in [2.05, 4.69) is 15.0 Å². The Labute approximate surface area is 196 Å². The van der Waals surface area contributed by atoms with Gasteiger partial charge in [0.05, 0.1) is 11.6 Å². The smallest absolute Gasteiger partial charge is 0.329 e. The molecule has 0 spiro atoms. The van der Waals surface area contributed by atoms with Crippen molar-refractivity contribution < 1.29 is 9.53 Å². The van der Waals surface area contributed by atoms with Crippen molar-refractivity contribution in [1.82, 2.24) is 19.5 Å². The first-order valence-electron chi connectivity index (χ1n) is 10.7. The zero-order valence-electron chi connectivity index (χ0n) is 19.5. The maximum absolute atomic E-state index is 13.3. The highest BCUT2D eigenvalue weighted by atomic mass is 16.6. The molecular formula is C23H29N7O4. The lowest BCUT2D eigenvalue weighted by Crippen LogP contribution is -2.57. The van der Waals surface area contributed by atoms with Crippen molar-refractivity contribution in [1.29, 1.82) is 0 Å². The molecule has 1 aromatic carbocycles. The second kappa shape index (κ2) is 9.10. The third-order valence-electron chi connectivity index (χ3n) is 5.35. The Bertz CT molecular complexity index is 1310. The molecule has 0 amide bonds. The van der Waals surface area contributed by atoms with Crippen molar-refractivity contribution in [3.8, 4) is 11.1 Å². The van der Waals surface area contributed by atoms with Crippen LogP contribution >= 0.6 is 0 Å². The first kappa shape index (κ1) is 24.6. The summed E-state index contributed by atoms with van der Waals surface area (Å²) in [5.74, 6) is -0.721. The van der Waals surface area contributed by atoms with Gasteiger partial charge in [-0.1, -0.05) is 31.2 Å². The second-order valence-electron chi connectivity index (χ2n) is 8.96. The molecule has 180 valence electrons. The number of H-pyrrole nitrogens is 1. The van der Waals surface area contributed by atoms with Crippen LogP contribution in [-0.2, 0) is 9.53 Å². The fourth-order valence-corrected chi connectivity index (χ4v) is 3.63. The van der Waals surface area contributed by atoms with Crippen molar-refractivity contribution in [3.63, 3.8) is 0 Å². The molecule has 0 aliphatic carbocycles. The number of nitrogens with one attached hydrogen (secondary N) is 1. The van der Waals surface area contributed by atoms with Gasteiger partial charge in [0, 0.05) is 18.5 Å². The number of esters is 1. The molecule has 0 saturated heterocycles. The minimum absolute atomic E-state index is 0.0138. The highest BCUT2D eigenvalue weighted by Crippen LogP contribution is 2.35. The van der Waals surface area contributed by atoms with E-state index in [1.807, 2.05) is 0 Å². The molecule has 0 aliphatic heterocycles. The molecule has 0 aliphatic rings. The van der Waals surface area contributed by atoms with Gasteiger partial charge in [-0.15, -0.1) is 0 Å². The van der Waals surface area contributed by atoms with Gasteiger partial charge in [-0.3, -0.25) is 14.6 Å². The molecule has 0 radical (unpaired) electrons. The molecule has 11 nitrogen and oxygen atoms in total. The summed E-state index contributed by atoms with van der Waals surface area (Å²) in [6.45, 7) is 7.01. The number of nitrogens with zero attached hydrogens (tertiary/aromatic N) is 3. The van der Waals surface area contributed by atoms with Gasteiger partial charge in [-0.25, -0.2) is 9.78 Å². The molecule has 3 aromatic rings. The van der Waals surface area contributed by atoms with Gasteiger partial charge in [0.2, 0.25) is 5.95 Å². The van der Waals surface area contributed by atoms with E-state index in [-0.39, 0.29) is 23.9 Å². The van der Waals surface area contributed by atoms with Crippen LogP contribution in [0.3, 0.4) is 0 Å². The van der Waals surface area contributed by atoms with E-state index >= 15 is 0 Å². The van der Waals surface area contributed by atoms with E-state index in [9.17, 15) is 14.4 Å². The summed E-state index contributed by atoms with van der Waals surface area (Å²) in [6.07, 6.45) is 3.02. The number of nitrogens with two attached hydrogens (primary N) is 3. The van der Waals surface area contributed by atoms with Crippen LogP contribution in [0, 0.1) is 0 Å². The van der Waals surface area contributed by atoms with Crippen molar-refractivity contribution in [2.45, 2.75) is 51.3 Å². The minimum atomic E-state index is -1.56. The first-order valence-corrected chi connectivity index (χ1v) is 10.7. The summed E-state index contributed by atoms with van der Waals surface area (Å²) < 4.78 is 7.11. The minimum Gasteiger partial charge on any atom is -0.459 e. The Morgan fingerprint density at radius 3 is 2.32 bits per heavy atom. The lowest BCUT2D eigenvalue weighted by atomic mass is 9.82. The van der Waals surface area contributed by atoms with Crippen LogP contribution < -0.4 is 28.3 Å². The van der Waals surface area contributed by atoms with Crippen LogP contribution in [0.25, 0.3) is 11.1 Å². The second-order valence-corrected chi connectivity index (χ2v) is 8.96. The molecule has 0 bridgehead atoms. The third-order valence-corrected chi connectivity index (χ3v) is 5.35. The van der Waals surface area contributed by atoms with E-state index in [1.54, 1.807) is 52.0 Å². The van der Waals surface area contributed by atoms with Gasteiger partial charge in [0.15, 0.2) is 5.95 Å². The molecule has 7 N–H and O–H groups in total. The van der Waals surface area contributed by atoms with Gasteiger partial charge >= 0.3 is 5.97 Å². The normalized spacial score (nSPS) is 14.3. The fourth-order valence-electron chi connectivity index (χ4n) is 3.63. The Hall–Kier alpha value is -3.99. The molecule has 0 saturated carbocycles. The van der Waals surface area contributed by atoms with E-state index in [1.165, 1.54) is 23.0 Å². The van der Waals surface area contributed by atoms with Gasteiger partial charge < -0.3 is 26.5 Å². The highest BCUT2D eigenvalue weighted by molar-refractivity contribution is 5.82. The predicted octanol–water partition coefficient (Wildman–Crippen LogP) is 1.20. The number of aromatic amines is 1. The Kier molecular flexibility index (Phi) is 6.60. The average molecular weight is 468 g/mol. The van der Waals surface area contributed by atoms with Crippen LogP contribution in [0.5, 0.6) is 0 Å². The van der Waals surface area contributed by atoms with Crippen LogP contribution in [0.4, 0.5) is 11.9 Å². The van der Waals surface area contributed by atoms with Gasteiger partial charge in [0.25, 0.3) is 11.1 Å². The number of benzene rings is 1. The molecule has 0 fully saturated rings. The fraction of sp³-hybridized carbons (Fsp3) is 0.348. The zero-order chi connectivity index (χ0) is 25.3. The van der Waals surface area contributed by atoms with E-state index in [0.717, 1.165) is 0 Å². The summed E-state index contributed by atoms with van der Waals surface area (Å²) in [5.41, 5.74) is 16.6. The van der Waals surface area contributed by atoms with Crippen LogP contribution in [0.1, 0.15) is 45.7 Å². The van der Waals surface area contributed by atoms with Gasteiger partial charge in [0.1, 0.15) is 11.1 Å². The Balaban J connectivity index is 2.16. The topological polar surface area (TPSA) is 185 Å². The van der Waals surface area contributed by atoms with Crippen LogP contribution in [0.15, 0.2) is 52.3 Å². The molecule has 2 heterocycles. The van der Waals surface area contributed by atoms with Crippen molar-refractivity contribution >= 4 is 17.9 Å². The molecular weight excluding hydrogens is 438 g/mol. The van der Waals surface area contributed by atoms with Crippen LogP contribution in [0.2, 0.25) is 0 Å². The lowest BCUT2D eigenvalue weighted by molar-refractivity contribution is -0.163. The number of carbonyl (C=O) groups excluding carboxylic acids is 1. The van der Waals surface area contributed by atoms with E-state index in [0.29, 0.717) is 16.7 Å². The average Bonchev–Trinajstić information content (AvgIpc) is 2.74. The number of hydrogen-bond acceptors (Lipinski definition) is 9. The first-order chi connectivity index (χ1) is 15.9. The molecule has 2 unspecified atom stereocenters. The summed E-state index contributed by atoms with van der Waals surface area (Å²) in [4.78, 5) is 47.5. The SMILES string of the molecule is CCC(N)(C(=O)OC(C)(C)C)C(c1ccc(-c2cnc(N)[nH]c2=O)cc1)n1ccc(=O)nc1N. The number of nitrogen functional groups attached to an aromatic ring is 2. The Morgan fingerprint density at radius 1 is 1.15 bits per heavy atom. The molecule has 2 atom stereocenters. The standard InChI is InChI=1S/C23H29N7O4/c1-5-23(26,19(33)34-22(2,3)4)17(30-11-10-16(31)28-21(30)25)14-8-6-13(7-9-14)15-12-27-20(24)29-18(15)32/h6-12,17H,5,26H2,1-4H3,(H2,25,28,31)(H3,24,27,29,32). The van der Waals surface area contributed by atoms with Crippen molar-refractivity contribution in [2.75, 3.05) is 11.5 Å². The van der Waals surface area contributed by atoms with E-state index < -0.39 is 28.7 Å². The number of rotatable bonds is 6. The van der Waals surface area contributed by atoms with Gasteiger partial charge in [-0.2, -0.15) is 4.98 Å². The Morgan fingerprint density at radius 2 is 1.79 bits per heavy atom. The van der Waals surface area contributed by atoms with E-state index in [4.69, 9.17) is 21.9 Å². The largest absolute Gasteiger partial charge is 0.459 e. The number of hydrogen-bond donors (Lipinski definition) is 4. The monoisotopic (exact) mass is 467 g/mol. The predicted molar refractivity (Wildman–Crippen MR) is 129 cm³/mol. The van der Waals surface area contributed by atoms with Crippen LogP contribution in [-0.4, -0.2) is 36.6 Å². The zero-order valence-corrected chi connectivity index (χ0v) is 19.5. The number of carbonyl (C=O) groups is 1. The maximum Gasteiger partial charge on any atom is 0.329 e. The number of anilines is 2. The summed E-state index contributed by atoms with van der Waals surface area (Å²) in [6, 6.07) is 7.20. The van der Waals surface area contributed by atoms with Crippen molar-refractivity contribution in [3.05, 3.63) is 69.0 Å². The quantitative estimate of drug-likeness (QED) is 0.386. The number of aromatic nitrogens is 4. The molecule has 34 heavy (non-hydrogen) atoms. The summed E-state index contributed by atoms with van der Waals surface area (Å²) >= 11 is 0. The lowest BCUT2D eigenvalue weighted by Gasteiger charge is -2.38. The third kappa shape index (κ3) is 4.99. The summed E-state index contributed by atoms with van der Waals surface area (Å²) in [5, 5.41) is 0. The molecule has 11 heteroatoms. The highest BCUT2D eigenvalue weighted by Gasteiger charge is 2.46. The number of ether oxygens (including phenoxy) is 1. The summed E-state index contributed by atoms with van der Waals surface area (Å²) in [7, 11) is 0. The molecule has 3 rings (SSSR count). The maximum atomic E-state index is 13.3.